The highest BCUT2D eigenvalue weighted by Gasteiger charge is 2.20. The van der Waals surface area contributed by atoms with Gasteiger partial charge >= 0.3 is 0 Å². The topological polar surface area (TPSA) is 15.3 Å². The van der Waals surface area contributed by atoms with E-state index in [-0.39, 0.29) is 0 Å². The van der Waals surface area contributed by atoms with Crippen LogP contribution in [-0.4, -0.2) is 37.6 Å². The molecule has 1 heterocycles. The minimum Gasteiger partial charge on any atom is -0.314 e. The highest BCUT2D eigenvalue weighted by atomic mass is 15.2. The Hall–Kier alpha value is -1.12. The van der Waals surface area contributed by atoms with E-state index in [0.717, 1.165) is 19.6 Å². The fraction of sp³-hybridized carbons (Fsp3) is 0.385. The van der Waals surface area contributed by atoms with Gasteiger partial charge < -0.3 is 5.32 Å². The summed E-state index contributed by atoms with van der Waals surface area (Å²) in [7, 11) is 2.19. The van der Waals surface area contributed by atoms with Crippen molar-refractivity contribution in [2.75, 3.05) is 26.7 Å². The summed E-state index contributed by atoms with van der Waals surface area (Å²) in [4.78, 5) is 2.41. The lowest BCUT2D eigenvalue weighted by atomic mass is 10.0. The van der Waals surface area contributed by atoms with Crippen molar-refractivity contribution in [3.63, 3.8) is 0 Å². The molecule has 0 saturated carbocycles. The molecule has 0 aromatic heterocycles. The van der Waals surface area contributed by atoms with Gasteiger partial charge in [0.15, 0.2) is 0 Å². The molecule has 1 atom stereocenters. The summed E-state index contributed by atoms with van der Waals surface area (Å²) in [5.41, 5.74) is 1.38. The Balaban J connectivity index is 2.14. The molecule has 80 valence electrons. The summed E-state index contributed by atoms with van der Waals surface area (Å²) in [5, 5.41) is 3.44. The lowest BCUT2D eigenvalue weighted by Crippen LogP contribution is -2.49. The summed E-state index contributed by atoms with van der Waals surface area (Å²) in [6, 6.07) is 0.506. The quantitative estimate of drug-likeness (QED) is 0.693. The smallest absolute Gasteiger partial charge is 0.0470 e. The van der Waals surface area contributed by atoms with Crippen LogP contribution in [0.1, 0.15) is 0 Å². The normalized spacial score (nSPS) is 37.1. The first-order valence-corrected chi connectivity index (χ1v) is 5.50. The molecule has 2 heteroatoms. The average molecular weight is 202 g/mol. The van der Waals surface area contributed by atoms with Crippen molar-refractivity contribution in [2.24, 2.45) is 0 Å². The van der Waals surface area contributed by atoms with Crippen molar-refractivity contribution in [3.8, 4) is 0 Å². The molecule has 0 spiro atoms. The summed E-state index contributed by atoms with van der Waals surface area (Å²) in [6.45, 7) is 3.26. The molecule has 1 unspecified atom stereocenters. The minimum absolute atomic E-state index is 0.506. The monoisotopic (exact) mass is 202 g/mol. The lowest BCUT2D eigenvalue weighted by molar-refractivity contribution is 0.230. The average Bonchev–Trinajstić information content (AvgIpc) is 2.19. The van der Waals surface area contributed by atoms with Crippen molar-refractivity contribution >= 4 is 0 Å². The van der Waals surface area contributed by atoms with E-state index in [1.165, 1.54) is 5.57 Å². The number of allylic oxidation sites excluding steroid dienone is 6. The molecular weight excluding hydrogens is 184 g/mol. The molecule has 2 rings (SSSR count). The molecule has 0 aromatic rings. The number of hydrogen-bond donors (Lipinski definition) is 1. The number of nitrogens with one attached hydrogen (secondary N) is 1. The molecule has 1 aliphatic heterocycles. The minimum atomic E-state index is 0.506. The molecule has 1 fully saturated rings. The Morgan fingerprint density at radius 1 is 1.20 bits per heavy atom. The summed E-state index contributed by atoms with van der Waals surface area (Å²) in [5.74, 6) is 0. The molecule has 2 nitrogen and oxygen atoms in total. The molecule has 0 radical (unpaired) electrons. The number of rotatable bonds is 1. The van der Waals surface area contributed by atoms with Gasteiger partial charge in [0.05, 0.1) is 0 Å². The van der Waals surface area contributed by atoms with Crippen LogP contribution in [0.25, 0.3) is 0 Å². The summed E-state index contributed by atoms with van der Waals surface area (Å²) < 4.78 is 0. The van der Waals surface area contributed by atoms with Crippen molar-refractivity contribution in [3.05, 3.63) is 48.1 Å². The van der Waals surface area contributed by atoms with Crippen molar-refractivity contribution in [1.29, 1.82) is 0 Å². The van der Waals surface area contributed by atoms with Crippen LogP contribution in [-0.2, 0) is 0 Å². The zero-order chi connectivity index (χ0) is 10.5. The van der Waals surface area contributed by atoms with Crippen LogP contribution in [0.3, 0.4) is 0 Å². The van der Waals surface area contributed by atoms with E-state index in [1.54, 1.807) is 0 Å². The number of likely N-dealkylation sites (N-methyl/N-ethyl adjacent to an activating group) is 1. The SMILES string of the molecule is CN1CCNCC1C1=C/C=C/C=C/C=C\1. The maximum atomic E-state index is 3.44. The van der Waals surface area contributed by atoms with E-state index >= 15 is 0 Å². The predicted molar refractivity (Wildman–Crippen MR) is 64.8 cm³/mol. The van der Waals surface area contributed by atoms with Crippen molar-refractivity contribution in [2.45, 2.75) is 6.04 Å². The van der Waals surface area contributed by atoms with Gasteiger partial charge in [-0.25, -0.2) is 0 Å². The van der Waals surface area contributed by atoms with E-state index in [4.69, 9.17) is 0 Å². The highest BCUT2D eigenvalue weighted by molar-refractivity contribution is 5.34. The molecule has 0 aromatic carbocycles. The van der Waals surface area contributed by atoms with Crippen LogP contribution in [0.2, 0.25) is 0 Å². The largest absolute Gasteiger partial charge is 0.314 e. The molecular formula is C13H18N2. The second-order valence-corrected chi connectivity index (χ2v) is 4.00. The van der Waals surface area contributed by atoms with E-state index in [2.05, 4.69) is 53.7 Å². The highest BCUT2D eigenvalue weighted by Crippen LogP contribution is 2.14. The lowest BCUT2D eigenvalue weighted by Gasteiger charge is -2.34. The van der Waals surface area contributed by atoms with Gasteiger partial charge in [0.2, 0.25) is 0 Å². The number of hydrogen-bond acceptors (Lipinski definition) is 2. The second-order valence-electron chi connectivity index (χ2n) is 4.00. The first-order valence-electron chi connectivity index (χ1n) is 5.50. The number of piperazine rings is 1. The van der Waals surface area contributed by atoms with Gasteiger partial charge in [-0.1, -0.05) is 42.5 Å². The Morgan fingerprint density at radius 2 is 2.00 bits per heavy atom. The fourth-order valence-corrected chi connectivity index (χ4v) is 1.98. The van der Waals surface area contributed by atoms with Crippen molar-refractivity contribution < 1.29 is 0 Å². The molecule has 2 aliphatic rings. The fourth-order valence-electron chi connectivity index (χ4n) is 1.98. The van der Waals surface area contributed by atoms with Gasteiger partial charge in [-0.3, -0.25) is 4.90 Å². The van der Waals surface area contributed by atoms with Gasteiger partial charge in [0.25, 0.3) is 0 Å². The zero-order valence-electron chi connectivity index (χ0n) is 9.19. The van der Waals surface area contributed by atoms with Crippen LogP contribution in [0, 0.1) is 0 Å². The summed E-state index contributed by atoms with van der Waals surface area (Å²) in [6.07, 6.45) is 14.8. The second kappa shape index (κ2) is 5.10. The molecule has 0 amide bonds. The van der Waals surface area contributed by atoms with Crippen molar-refractivity contribution in [1.82, 2.24) is 10.2 Å². The van der Waals surface area contributed by atoms with Crippen LogP contribution in [0.4, 0.5) is 0 Å². The Bertz CT molecular complexity index is 323. The van der Waals surface area contributed by atoms with Crippen LogP contribution < -0.4 is 5.32 Å². The Kier molecular flexibility index (Phi) is 3.54. The van der Waals surface area contributed by atoms with Crippen LogP contribution in [0.5, 0.6) is 0 Å². The van der Waals surface area contributed by atoms with E-state index in [1.807, 2.05) is 6.08 Å². The van der Waals surface area contributed by atoms with E-state index in [0.29, 0.717) is 6.04 Å². The van der Waals surface area contributed by atoms with Crippen LogP contribution >= 0.6 is 0 Å². The first kappa shape index (κ1) is 10.4. The maximum absolute atomic E-state index is 3.44. The van der Waals surface area contributed by atoms with Gasteiger partial charge in [-0.05, 0) is 12.6 Å². The standard InChI is InChI=1S/C13H18N2/c1-15-10-9-14-11-13(15)12-7-5-3-2-4-6-8-12/h2-8,13-14H,9-11H2,1H3/b3-2+,4-2?,5-3?,6-4+,7-5-,8-6?,12-7?,12-8+. The Labute approximate surface area is 91.7 Å². The molecule has 15 heavy (non-hydrogen) atoms. The molecule has 1 aliphatic carbocycles. The zero-order valence-corrected chi connectivity index (χ0v) is 9.19. The first-order chi connectivity index (χ1) is 7.38. The van der Waals surface area contributed by atoms with Gasteiger partial charge in [-0.15, -0.1) is 0 Å². The van der Waals surface area contributed by atoms with E-state index < -0.39 is 0 Å². The van der Waals surface area contributed by atoms with Gasteiger partial charge in [-0.2, -0.15) is 0 Å². The molecule has 0 bridgehead atoms. The molecule has 1 N–H and O–H groups in total. The Morgan fingerprint density at radius 3 is 2.87 bits per heavy atom. The predicted octanol–water partition coefficient (Wildman–Crippen LogP) is 1.50. The molecule has 1 saturated heterocycles. The number of nitrogens with zero attached hydrogens (tertiary/aromatic N) is 1. The third kappa shape index (κ3) is 2.67. The third-order valence-electron chi connectivity index (χ3n) is 2.92. The third-order valence-corrected chi connectivity index (χ3v) is 2.92. The van der Waals surface area contributed by atoms with E-state index in [9.17, 15) is 0 Å². The van der Waals surface area contributed by atoms with Gasteiger partial charge in [0, 0.05) is 25.7 Å². The van der Waals surface area contributed by atoms with Gasteiger partial charge in [0.1, 0.15) is 0 Å². The van der Waals surface area contributed by atoms with Crippen LogP contribution in [0.15, 0.2) is 48.1 Å². The summed E-state index contributed by atoms with van der Waals surface area (Å²) >= 11 is 0. The maximum Gasteiger partial charge on any atom is 0.0470 e.